The summed E-state index contributed by atoms with van der Waals surface area (Å²) in [6, 6.07) is 7.26. The lowest BCUT2D eigenvalue weighted by Crippen LogP contribution is -2.16. The van der Waals surface area contributed by atoms with Gasteiger partial charge in [0.2, 0.25) is 5.91 Å². The van der Waals surface area contributed by atoms with Gasteiger partial charge in [-0.25, -0.2) is 4.79 Å². The predicted octanol–water partition coefficient (Wildman–Crippen LogP) is 5.89. The molecule has 0 bridgehead atoms. The fourth-order valence-electron chi connectivity index (χ4n) is 3.26. The van der Waals surface area contributed by atoms with Crippen molar-refractivity contribution in [1.82, 2.24) is 0 Å². The van der Waals surface area contributed by atoms with Crippen LogP contribution in [0.1, 0.15) is 59.5 Å². The number of nitrogens with one attached hydrogen (secondary N) is 1. The number of carbonyl (C=O) groups is 2. The molecule has 2 aromatic rings. The lowest BCUT2D eigenvalue weighted by atomic mass is 10.1. The molecule has 6 heteroatoms. The van der Waals surface area contributed by atoms with Crippen molar-refractivity contribution in [3.63, 3.8) is 0 Å². The highest BCUT2D eigenvalue weighted by atomic mass is 35.5. The number of thiophene rings is 1. The Labute approximate surface area is 174 Å². The third kappa shape index (κ3) is 5.24. The van der Waals surface area contributed by atoms with Gasteiger partial charge in [0, 0.05) is 16.0 Å². The second-order valence-electron chi connectivity index (χ2n) is 7.10. The van der Waals surface area contributed by atoms with Gasteiger partial charge in [0.1, 0.15) is 5.00 Å². The van der Waals surface area contributed by atoms with E-state index >= 15 is 0 Å². The van der Waals surface area contributed by atoms with E-state index in [2.05, 4.69) is 5.32 Å². The molecular weight excluding hydrogens is 394 g/mol. The first-order chi connectivity index (χ1) is 13.4. The third-order valence-corrected chi connectivity index (χ3v) is 5.92. The molecule has 1 aliphatic carbocycles. The minimum absolute atomic E-state index is 0.208. The smallest absolute Gasteiger partial charge is 0.341 e. The second kappa shape index (κ2) is 9.39. The lowest BCUT2D eigenvalue weighted by Gasteiger charge is -2.11. The Balaban J connectivity index is 1.84. The number of ether oxygens (including phenoxy) is 1. The number of benzene rings is 1. The zero-order valence-electron chi connectivity index (χ0n) is 16.1. The third-order valence-electron chi connectivity index (χ3n) is 4.48. The maximum atomic E-state index is 12.7. The maximum Gasteiger partial charge on any atom is 0.341 e. The first-order valence-electron chi connectivity index (χ1n) is 9.54. The van der Waals surface area contributed by atoms with E-state index in [1.807, 2.05) is 26.0 Å². The van der Waals surface area contributed by atoms with Crippen LogP contribution in [0.3, 0.4) is 0 Å². The maximum absolute atomic E-state index is 12.7. The summed E-state index contributed by atoms with van der Waals surface area (Å²) in [7, 11) is 0. The van der Waals surface area contributed by atoms with Gasteiger partial charge in [0.05, 0.1) is 11.7 Å². The molecule has 0 spiro atoms. The number of hydrogen-bond donors (Lipinski definition) is 1. The van der Waals surface area contributed by atoms with Gasteiger partial charge >= 0.3 is 5.97 Å². The summed E-state index contributed by atoms with van der Waals surface area (Å²) in [5.74, 6) is -0.640. The molecule has 1 aromatic carbocycles. The van der Waals surface area contributed by atoms with Crippen LogP contribution in [-0.4, -0.2) is 18.0 Å². The number of esters is 1. The number of fused-ring (bicyclic) bond motifs is 1. The molecule has 0 aliphatic heterocycles. The van der Waals surface area contributed by atoms with Gasteiger partial charge in [-0.2, -0.15) is 0 Å². The van der Waals surface area contributed by atoms with Crippen molar-refractivity contribution in [1.29, 1.82) is 0 Å². The summed E-state index contributed by atoms with van der Waals surface area (Å²) in [5.41, 5.74) is 2.41. The number of aryl methyl sites for hydroxylation is 1. The van der Waals surface area contributed by atoms with Crippen LogP contribution in [0.5, 0.6) is 0 Å². The molecule has 0 saturated heterocycles. The van der Waals surface area contributed by atoms with E-state index in [0.29, 0.717) is 15.6 Å². The van der Waals surface area contributed by atoms with Gasteiger partial charge in [-0.3, -0.25) is 4.79 Å². The number of carbonyl (C=O) groups excluding carboxylic acids is 2. The van der Waals surface area contributed by atoms with E-state index in [0.717, 1.165) is 43.2 Å². The Bertz CT molecular complexity index is 901. The molecule has 148 valence electrons. The number of rotatable bonds is 5. The van der Waals surface area contributed by atoms with Crippen molar-refractivity contribution in [3.8, 4) is 0 Å². The molecular formula is C22H24ClNO3S. The van der Waals surface area contributed by atoms with Crippen molar-refractivity contribution < 1.29 is 14.3 Å². The molecule has 3 rings (SSSR count). The quantitative estimate of drug-likeness (QED) is 0.375. The van der Waals surface area contributed by atoms with Crippen molar-refractivity contribution in [3.05, 3.63) is 56.9 Å². The standard InChI is InChI=1S/C22H24ClNO3S/c1-14(2)27-22(26)20-17-9-4-3-5-10-18(17)28-21(20)24-19(25)12-11-15-7-6-8-16(23)13-15/h6-8,11-14H,3-5,9-10H2,1-2H3,(H,24,25)/b12-11+. The van der Waals surface area contributed by atoms with E-state index in [4.69, 9.17) is 16.3 Å². The molecule has 0 unspecified atom stereocenters. The van der Waals surface area contributed by atoms with E-state index in [1.54, 1.807) is 18.2 Å². The zero-order chi connectivity index (χ0) is 20.1. The molecule has 0 atom stereocenters. The topological polar surface area (TPSA) is 55.4 Å². The largest absolute Gasteiger partial charge is 0.459 e. The average Bonchev–Trinajstić information content (AvgIpc) is 2.80. The van der Waals surface area contributed by atoms with Crippen LogP contribution < -0.4 is 5.32 Å². The first kappa shape index (κ1) is 20.6. The fraction of sp³-hybridized carbons (Fsp3) is 0.364. The van der Waals surface area contributed by atoms with Crippen molar-refractivity contribution in [2.45, 2.75) is 52.1 Å². The number of halogens is 1. The molecule has 1 amide bonds. The minimum atomic E-state index is -0.358. The monoisotopic (exact) mass is 417 g/mol. The Morgan fingerprint density at radius 3 is 2.75 bits per heavy atom. The number of amides is 1. The van der Waals surface area contributed by atoms with E-state index < -0.39 is 0 Å². The van der Waals surface area contributed by atoms with Crippen LogP contribution in [0.15, 0.2) is 30.3 Å². The lowest BCUT2D eigenvalue weighted by molar-refractivity contribution is -0.111. The summed E-state index contributed by atoms with van der Waals surface area (Å²) in [5, 5.41) is 4.08. The molecule has 28 heavy (non-hydrogen) atoms. The summed E-state index contributed by atoms with van der Waals surface area (Å²) in [6.07, 6.45) is 8.05. The molecule has 4 nitrogen and oxygen atoms in total. The van der Waals surface area contributed by atoms with Crippen LogP contribution in [0, 0.1) is 0 Å². The summed E-state index contributed by atoms with van der Waals surface area (Å²) in [6.45, 7) is 3.66. The molecule has 1 N–H and O–H groups in total. The molecule has 0 fully saturated rings. The molecule has 0 saturated carbocycles. The molecule has 1 aliphatic rings. The van der Waals surface area contributed by atoms with Crippen LogP contribution in [0.4, 0.5) is 5.00 Å². The number of anilines is 1. The van der Waals surface area contributed by atoms with Gasteiger partial charge < -0.3 is 10.1 Å². The van der Waals surface area contributed by atoms with Crippen LogP contribution in [0.2, 0.25) is 5.02 Å². The first-order valence-corrected chi connectivity index (χ1v) is 10.7. The normalized spacial score (nSPS) is 14.0. The Hall–Kier alpha value is -2.11. The summed E-state index contributed by atoms with van der Waals surface area (Å²) < 4.78 is 5.45. The van der Waals surface area contributed by atoms with E-state index in [9.17, 15) is 9.59 Å². The van der Waals surface area contributed by atoms with E-state index in [1.165, 1.54) is 22.3 Å². The van der Waals surface area contributed by atoms with Crippen LogP contribution in [0.25, 0.3) is 6.08 Å². The fourth-order valence-corrected chi connectivity index (χ4v) is 4.73. The van der Waals surface area contributed by atoms with Gasteiger partial charge in [0.25, 0.3) is 0 Å². The summed E-state index contributed by atoms with van der Waals surface area (Å²) >= 11 is 7.47. The van der Waals surface area contributed by atoms with Gasteiger partial charge in [0.15, 0.2) is 0 Å². The van der Waals surface area contributed by atoms with Crippen molar-refractivity contribution >= 4 is 45.9 Å². The van der Waals surface area contributed by atoms with Crippen molar-refractivity contribution in [2.75, 3.05) is 5.32 Å². The van der Waals surface area contributed by atoms with Gasteiger partial charge in [-0.1, -0.05) is 30.2 Å². The Morgan fingerprint density at radius 2 is 2.00 bits per heavy atom. The summed E-state index contributed by atoms with van der Waals surface area (Å²) in [4.78, 5) is 26.4. The molecule has 1 heterocycles. The van der Waals surface area contributed by atoms with Crippen LogP contribution in [-0.2, 0) is 22.4 Å². The zero-order valence-corrected chi connectivity index (χ0v) is 17.7. The molecule has 0 radical (unpaired) electrons. The van der Waals surface area contributed by atoms with Gasteiger partial charge in [-0.15, -0.1) is 11.3 Å². The Morgan fingerprint density at radius 1 is 1.21 bits per heavy atom. The van der Waals surface area contributed by atoms with Gasteiger partial charge in [-0.05, 0) is 68.9 Å². The second-order valence-corrected chi connectivity index (χ2v) is 8.64. The molecule has 1 aromatic heterocycles. The average molecular weight is 418 g/mol. The van der Waals surface area contributed by atoms with Crippen LogP contribution >= 0.6 is 22.9 Å². The Kier molecular flexibility index (Phi) is 6.92. The minimum Gasteiger partial charge on any atom is -0.459 e. The predicted molar refractivity (Wildman–Crippen MR) is 115 cm³/mol. The van der Waals surface area contributed by atoms with E-state index in [-0.39, 0.29) is 18.0 Å². The highest BCUT2D eigenvalue weighted by molar-refractivity contribution is 7.17. The number of hydrogen-bond acceptors (Lipinski definition) is 4. The SMILES string of the molecule is CC(C)OC(=O)c1c(NC(=O)/C=C/c2cccc(Cl)c2)sc2c1CCCCC2. The van der Waals surface area contributed by atoms with Crippen molar-refractivity contribution in [2.24, 2.45) is 0 Å². The highest BCUT2D eigenvalue weighted by Crippen LogP contribution is 2.38. The highest BCUT2D eigenvalue weighted by Gasteiger charge is 2.26.